The van der Waals surface area contributed by atoms with Crippen LogP contribution in [0.15, 0.2) is 6.07 Å². The summed E-state index contributed by atoms with van der Waals surface area (Å²) in [6, 6.07) is 2.05. The van der Waals surface area contributed by atoms with Crippen molar-refractivity contribution in [2.75, 3.05) is 7.11 Å². The Morgan fingerprint density at radius 3 is 2.93 bits per heavy atom. The normalized spacial score (nSPS) is 10.8. The molecular formula is C9H9ClN2OS. The van der Waals surface area contributed by atoms with Crippen LogP contribution >= 0.6 is 22.9 Å². The molecular weight excluding hydrogens is 220 g/mol. The van der Waals surface area contributed by atoms with E-state index in [1.54, 1.807) is 18.4 Å². The zero-order valence-corrected chi connectivity index (χ0v) is 9.45. The maximum absolute atomic E-state index is 5.76. The molecule has 0 aromatic carbocycles. The van der Waals surface area contributed by atoms with Crippen LogP contribution in [0, 0.1) is 0 Å². The number of aromatic nitrogens is 2. The first kappa shape index (κ1) is 9.68. The van der Waals surface area contributed by atoms with Gasteiger partial charge in [0.1, 0.15) is 4.83 Å². The van der Waals surface area contributed by atoms with Gasteiger partial charge in [-0.15, -0.1) is 11.3 Å². The number of hydrogen-bond acceptors (Lipinski definition) is 4. The van der Waals surface area contributed by atoms with Crippen LogP contribution in [-0.2, 0) is 6.42 Å². The zero-order valence-electron chi connectivity index (χ0n) is 7.87. The molecule has 0 amide bonds. The number of fused-ring (bicyclic) bond motifs is 1. The highest BCUT2D eigenvalue weighted by atomic mass is 35.5. The van der Waals surface area contributed by atoms with Gasteiger partial charge in [0.2, 0.25) is 11.2 Å². The summed E-state index contributed by atoms with van der Waals surface area (Å²) in [6.07, 6.45) is 0.988. The lowest BCUT2D eigenvalue weighted by molar-refractivity contribution is 0.403. The van der Waals surface area contributed by atoms with Crippen molar-refractivity contribution in [3.05, 3.63) is 16.2 Å². The average Bonchev–Trinajstić information content (AvgIpc) is 2.59. The lowest BCUT2D eigenvalue weighted by Crippen LogP contribution is -1.90. The van der Waals surface area contributed by atoms with Gasteiger partial charge in [0.15, 0.2) is 0 Å². The van der Waals surface area contributed by atoms with E-state index in [1.807, 2.05) is 0 Å². The molecule has 2 heterocycles. The molecule has 74 valence electrons. The largest absolute Gasteiger partial charge is 0.480 e. The Morgan fingerprint density at radius 2 is 2.29 bits per heavy atom. The van der Waals surface area contributed by atoms with Crippen LogP contribution in [0.5, 0.6) is 5.88 Å². The summed E-state index contributed by atoms with van der Waals surface area (Å²) in [5, 5.41) is 1.18. The molecule has 0 saturated carbocycles. The first-order valence-electron chi connectivity index (χ1n) is 4.24. The lowest BCUT2D eigenvalue weighted by Gasteiger charge is -1.99. The first-order valence-corrected chi connectivity index (χ1v) is 5.44. The van der Waals surface area contributed by atoms with Gasteiger partial charge in [-0.05, 0) is 24.1 Å². The molecule has 5 heteroatoms. The third-order valence-electron chi connectivity index (χ3n) is 1.92. The lowest BCUT2D eigenvalue weighted by atomic mass is 10.3. The van der Waals surface area contributed by atoms with E-state index in [1.165, 1.54) is 4.88 Å². The molecule has 0 unspecified atom stereocenters. The fourth-order valence-corrected chi connectivity index (χ4v) is 2.42. The molecule has 0 N–H and O–H groups in total. The van der Waals surface area contributed by atoms with E-state index < -0.39 is 0 Å². The predicted molar refractivity (Wildman–Crippen MR) is 58.4 cm³/mol. The number of hydrogen-bond donors (Lipinski definition) is 0. The Hall–Kier alpha value is -0.870. The maximum Gasteiger partial charge on any atom is 0.227 e. The SMILES string of the molecule is CCc1cc2c(OC)nc(Cl)nc2s1. The monoisotopic (exact) mass is 228 g/mol. The maximum atomic E-state index is 5.76. The predicted octanol–water partition coefficient (Wildman–Crippen LogP) is 2.92. The second-order valence-corrected chi connectivity index (χ2v) is 4.24. The highest BCUT2D eigenvalue weighted by Gasteiger charge is 2.10. The fraction of sp³-hybridized carbons (Fsp3) is 0.333. The van der Waals surface area contributed by atoms with Gasteiger partial charge in [-0.2, -0.15) is 4.98 Å². The Kier molecular flexibility index (Phi) is 2.56. The van der Waals surface area contributed by atoms with Crippen LogP contribution in [0.2, 0.25) is 5.28 Å². The van der Waals surface area contributed by atoms with Gasteiger partial charge in [0, 0.05) is 4.88 Å². The van der Waals surface area contributed by atoms with Crippen molar-refractivity contribution < 1.29 is 4.74 Å². The summed E-state index contributed by atoms with van der Waals surface area (Å²) in [5.74, 6) is 0.552. The molecule has 0 bridgehead atoms. The average molecular weight is 229 g/mol. The number of halogens is 1. The summed E-state index contributed by atoms with van der Waals surface area (Å²) >= 11 is 7.38. The topological polar surface area (TPSA) is 35.0 Å². The van der Waals surface area contributed by atoms with Crippen molar-refractivity contribution in [3.63, 3.8) is 0 Å². The summed E-state index contributed by atoms with van der Waals surface area (Å²) in [4.78, 5) is 10.3. The van der Waals surface area contributed by atoms with Crippen molar-refractivity contribution >= 4 is 33.2 Å². The van der Waals surface area contributed by atoms with Gasteiger partial charge in [-0.25, -0.2) is 4.98 Å². The summed E-state index contributed by atoms with van der Waals surface area (Å²) in [5.41, 5.74) is 0. The summed E-state index contributed by atoms with van der Waals surface area (Å²) < 4.78 is 5.14. The van der Waals surface area contributed by atoms with Gasteiger partial charge in [-0.1, -0.05) is 6.92 Å². The molecule has 0 radical (unpaired) electrons. The molecule has 3 nitrogen and oxygen atoms in total. The Bertz CT molecular complexity index is 469. The van der Waals surface area contributed by atoms with Gasteiger partial charge < -0.3 is 4.74 Å². The van der Waals surface area contributed by atoms with E-state index in [2.05, 4.69) is 23.0 Å². The van der Waals surface area contributed by atoms with Gasteiger partial charge >= 0.3 is 0 Å². The molecule has 0 saturated heterocycles. The standard InChI is InChI=1S/C9H9ClN2OS/c1-3-5-4-6-7(13-2)11-9(10)12-8(6)14-5/h4H,3H2,1-2H3. The second kappa shape index (κ2) is 3.71. The minimum atomic E-state index is 0.235. The number of aryl methyl sites for hydroxylation is 1. The van der Waals surface area contributed by atoms with Gasteiger partial charge in [0.25, 0.3) is 0 Å². The number of thiophene rings is 1. The quantitative estimate of drug-likeness (QED) is 0.742. The second-order valence-electron chi connectivity index (χ2n) is 2.79. The zero-order chi connectivity index (χ0) is 10.1. The number of methoxy groups -OCH3 is 1. The van der Waals surface area contributed by atoms with Crippen LogP contribution in [0.1, 0.15) is 11.8 Å². The fourth-order valence-electron chi connectivity index (χ4n) is 1.25. The molecule has 0 fully saturated rings. The third kappa shape index (κ3) is 1.55. The Morgan fingerprint density at radius 1 is 1.50 bits per heavy atom. The van der Waals surface area contributed by atoms with E-state index in [9.17, 15) is 0 Å². The molecule has 2 aromatic heterocycles. The van der Waals surface area contributed by atoms with Crippen LogP contribution in [0.4, 0.5) is 0 Å². The number of rotatable bonds is 2. The highest BCUT2D eigenvalue weighted by Crippen LogP contribution is 2.31. The smallest absolute Gasteiger partial charge is 0.227 e. The molecule has 0 aliphatic heterocycles. The number of nitrogens with zero attached hydrogens (tertiary/aromatic N) is 2. The van der Waals surface area contributed by atoms with Crippen molar-refractivity contribution in [3.8, 4) is 5.88 Å². The third-order valence-corrected chi connectivity index (χ3v) is 3.27. The Labute approximate surface area is 90.7 Å². The van der Waals surface area contributed by atoms with Crippen LogP contribution in [0.3, 0.4) is 0 Å². The van der Waals surface area contributed by atoms with E-state index in [-0.39, 0.29) is 5.28 Å². The molecule has 2 aromatic rings. The Balaban J connectivity index is 2.71. The van der Waals surface area contributed by atoms with Crippen molar-refractivity contribution in [1.82, 2.24) is 9.97 Å². The van der Waals surface area contributed by atoms with Crippen molar-refractivity contribution in [2.24, 2.45) is 0 Å². The molecule has 0 atom stereocenters. The van der Waals surface area contributed by atoms with E-state index in [0.717, 1.165) is 16.6 Å². The van der Waals surface area contributed by atoms with E-state index >= 15 is 0 Å². The summed E-state index contributed by atoms with van der Waals surface area (Å²) in [6.45, 7) is 2.10. The van der Waals surface area contributed by atoms with E-state index in [0.29, 0.717) is 5.88 Å². The minimum absolute atomic E-state index is 0.235. The number of ether oxygens (including phenoxy) is 1. The van der Waals surface area contributed by atoms with E-state index in [4.69, 9.17) is 16.3 Å². The minimum Gasteiger partial charge on any atom is -0.480 e. The van der Waals surface area contributed by atoms with Crippen LogP contribution < -0.4 is 4.74 Å². The molecule has 14 heavy (non-hydrogen) atoms. The van der Waals surface area contributed by atoms with Crippen molar-refractivity contribution in [2.45, 2.75) is 13.3 Å². The van der Waals surface area contributed by atoms with Crippen LogP contribution in [-0.4, -0.2) is 17.1 Å². The van der Waals surface area contributed by atoms with Crippen LogP contribution in [0.25, 0.3) is 10.2 Å². The summed E-state index contributed by atoms with van der Waals surface area (Å²) in [7, 11) is 1.58. The van der Waals surface area contributed by atoms with Crippen molar-refractivity contribution in [1.29, 1.82) is 0 Å². The molecule has 2 rings (SSSR count). The van der Waals surface area contributed by atoms with Gasteiger partial charge in [0.05, 0.1) is 12.5 Å². The molecule has 0 spiro atoms. The highest BCUT2D eigenvalue weighted by molar-refractivity contribution is 7.18. The van der Waals surface area contributed by atoms with Gasteiger partial charge in [-0.3, -0.25) is 0 Å². The molecule has 0 aliphatic carbocycles. The molecule has 0 aliphatic rings. The first-order chi connectivity index (χ1) is 6.74.